The fraction of sp³-hybridized carbons (Fsp3) is 0.333. The first kappa shape index (κ1) is 13.5. The summed E-state index contributed by atoms with van der Waals surface area (Å²) in [7, 11) is 1.51. The Morgan fingerprint density at radius 1 is 1.47 bits per heavy atom. The quantitative estimate of drug-likeness (QED) is 0.882. The van der Waals surface area contributed by atoms with Gasteiger partial charge in [-0.15, -0.1) is 11.8 Å². The largest absolute Gasteiger partial charge is 0.495 e. The van der Waals surface area contributed by atoms with E-state index in [1.165, 1.54) is 23.8 Å². The number of thioether (sulfide) groups is 1. The Labute approximate surface area is 114 Å². The van der Waals surface area contributed by atoms with E-state index in [0.717, 1.165) is 0 Å². The number of amides is 2. The Hall–Kier alpha value is -1.89. The molecule has 0 spiro atoms. The second-order valence-corrected chi connectivity index (χ2v) is 4.95. The number of benzene rings is 1. The summed E-state index contributed by atoms with van der Waals surface area (Å²) in [5, 5.41) is 11.7. The Morgan fingerprint density at radius 2 is 2.21 bits per heavy atom. The maximum atomic E-state index is 12.1. The second-order valence-electron chi connectivity index (χ2n) is 3.95. The number of hydrogen-bond acceptors (Lipinski definition) is 4. The summed E-state index contributed by atoms with van der Waals surface area (Å²) in [5.41, 5.74) is 0.524. The molecule has 0 aromatic heterocycles. The van der Waals surface area contributed by atoms with Gasteiger partial charge in [-0.2, -0.15) is 0 Å². The van der Waals surface area contributed by atoms with Gasteiger partial charge in [0, 0.05) is 5.75 Å². The lowest BCUT2D eigenvalue weighted by atomic mass is 10.3. The molecular weight excluding hydrogens is 268 g/mol. The summed E-state index contributed by atoms with van der Waals surface area (Å²) in [6.07, 6.45) is 0. The topological polar surface area (TPSA) is 78.9 Å². The average molecular weight is 282 g/mol. The first-order chi connectivity index (χ1) is 9.13. The molecule has 0 bridgehead atoms. The van der Waals surface area contributed by atoms with E-state index in [1.807, 2.05) is 0 Å². The zero-order chi connectivity index (χ0) is 13.8. The maximum absolute atomic E-state index is 12.1. The minimum absolute atomic E-state index is 0.373. The van der Waals surface area contributed by atoms with Crippen LogP contribution in [0, 0.1) is 0 Å². The molecule has 1 atom stereocenters. The van der Waals surface area contributed by atoms with E-state index in [-0.39, 0.29) is 0 Å². The molecule has 2 amide bonds. The molecule has 0 saturated carbocycles. The molecule has 1 fully saturated rings. The number of carboxylic acids is 1. The number of anilines is 1. The summed E-state index contributed by atoms with van der Waals surface area (Å²) in [6, 6.07) is 5.78. The van der Waals surface area contributed by atoms with Gasteiger partial charge in [0.1, 0.15) is 11.8 Å². The third-order valence-electron chi connectivity index (χ3n) is 2.78. The molecule has 1 aliphatic rings. The molecule has 2 rings (SSSR count). The minimum Gasteiger partial charge on any atom is -0.495 e. The van der Waals surface area contributed by atoms with Crippen LogP contribution in [0.2, 0.25) is 0 Å². The fourth-order valence-electron chi connectivity index (χ4n) is 1.78. The monoisotopic (exact) mass is 282 g/mol. The lowest BCUT2D eigenvalue weighted by Gasteiger charge is -2.21. The summed E-state index contributed by atoms with van der Waals surface area (Å²) in [5.74, 6) is 0.335. The van der Waals surface area contributed by atoms with Crippen molar-refractivity contribution in [1.82, 2.24) is 4.90 Å². The number of nitrogens with zero attached hydrogens (tertiary/aromatic N) is 1. The molecule has 1 heterocycles. The van der Waals surface area contributed by atoms with Crippen molar-refractivity contribution in [2.24, 2.45) is 0 Å². The molecule has 6 nitrogen and oxygen atoms in total. The molecule has 2 N–H and O–H groups in total. The summed E-state index contributed by atoms with van der Waals surface area (Å²) < 4.78 is 5.13. The number of ether oxygens (including phenoxy) is 1. The third kappa shape index (κ3) is 2.93. The highest BCUT2D eigenvalue weighted by Crippen LogP contribution is 2.26. The van der Waals surface area contributed by atoms with Gasteiger partial charge in [0.25, 0.3) is 0 Å². The number of carbonyl (C=O) groups is 2. The highest BCUT2D eigenvalue weighted by molar-refractivity contribution is 7.99. The van der Waals surface area contributed by atoms with E-state index >= 15 is 0 Å². The Balaban J connectivity index is 2.10. The lowest BCUT2D eigenvalue weighted by molar-refractivity contribution is -0.140. The predicted octanol–water partition coefficient (Wildman–Crippen LogP) is 1.69. The van der Waals surface area contributed by atoms with E-state index in [9.17, 15) is 9.59 Å². The van der Waals surface area contributed by atoms with Crippen molar-refractivity contribution in [3.05, 3.63) is 24.3 Å². The first-order valence-corrected chi connectivity index (χ1v) is 6.80. The number of rotatable bonds is 3. The van der Waals surface area contributed by atoms with Crippen molar-refractivity contribution in [2.75, 3.05) is 24.1 Å². The molecule has 1 aromatic rings. The summed E-state index contributed by atoms with van der Waals surface area (Å²) in [4.78, 5) is 24.4. The van der Waals surface area contributed by atoms with Crippen LogP contribution in [-0.2, 0) is 4.79 Å². The van der Waals surface area contributed by atoms with E-state index in [2.05, 4.69) is 5.32 Å². The zero-order valence-electron chi connectivity index (χ0n) is 10.3. The van der Waals surface area contributed by atoms with Gasteiger partial charge in [0.05, 0.1) is 18.7 Å². The normalized spacial score (nSPS) is 18.2. The van der Waals surface area contributed by atoms with Gasteiger partial charge in [-0.3, -0.25) is 0 Å². The number of hydrogen-bond donors (Lipinski definition) is 2. The minimum atomic E-state index is -0.986. The van der Waals surface area contributed by atoms with Gasteiger partial charge in [-0.05, 0) is 12.1 Å². The fourth-order valence-corrected chi connectivity index (χ4v) is 2.93. The van der Waals surface area contributed by atoms with Crippen LogP contribution in [0.3, 0.4) is 0 Å². The molecule has 1 saturated heterocycles. The van der Waals surface area contributed by atoms with Gasteiger partial charge in [0.15, 0.2) is 0 Å². The number of carboxylic acid groups (broad SMARTS) is 1. The van der Waals surface area contributed by atoms with Crippen molar-refractivity contribution in [3.63, 3.8) is 0 Å². The van der Waals surface area contributed by atoms with Crippen LogP contribution in [0.25, 0.3) is 0 Å². The van der Waals surface area contributed by atoms with Crippen LogP contribution in [0.1, 0.15) is 0 Å². The van der Waals surface area contributed by atoms with Crippen LogP contribution in [0.5, 0.6) is 5.75 Å². The first-order valence-electron chi connectivity index (χ1n) is 5.64. The SMILES string of the molecule is COc1ccccc1NC(=O)N1CSC[C@H]1C(=O)O. The van der Waals surface area contributed by atoms with Crippen molar-refractivity contribution >= 4 is 29.4 Å². The van der Waals surface area contributed by atoms with Crippen LogP contribution >= 0.6 is 11.8 Å². The molecular formula is C12H14N2O4S. The average Bonchev–Trinajstić information content (AvgIpc) is 2.88. The smallest absolute Gasteiger partial charge is 0.327 e. The Kier molecular flexibility index (Phi) is 4.16. The lowest BCUT2D eigenvalue weighted by Crippen LogP contribution is -2.44. The summed E-state index contributed by atoms with van der Waals surface area (Å²) >= 11 is 1.42. The van der Waals surface area contributed by atoms with Crippen LogP contribution in [-0.4, -0.2) is 46.8 Å². The molecule has 102 valence electrons. The molecule has 0 aliphatic carbocycles. The number of nitrogens with one attached hydrogen (secondary N) is 1. The van der Waals surface area contributed by atoms with Crippen molar-refractivity contribution in [3.8, 4) is 5.75 Å². The second kappa shape index (κ2) is 5.83. The molecule has 1 aliphatic heterocycles. The van der Waals surface area contributed by atoms with Crippen LogP contribution in [0.4, 0.5) is 10.5 Å². The predicted molar refractivity (Wildman–Crippen MR) is 72.6 cm³/mol. The molecule has 1 aromatic carbocycles. The van der Waals surface area contributed by atoms with E-state index in [4.69, 9.17) is 9.84 Å². The Morgan fingerprint density at radius 3 is 2.89 bits per heavy atom. The standard InChI is InChI=1S/C12H14N2O4S/c1-18-10-5-3-2-4-8(10)13-12(17)14-7-19-6-9(14)11(15)16/h2-5,9H,6-7H2,1H3,(H,13,17)(H,15,16)/t9-/m0/s1. The highest BCUT2D eigenvalue weighted by Gasteiger charge is 2.34. The van der Waals surface area contributed by atoms with Crippen molar-refractivity contribution < 1.29 is 19.4 Å². The van der Waals surface area contributed by atoms with Gasteiger partial charge >= 0.3 is 12.0 Å². The van der Waals surface area contributed by atoms with Crippen molar-refractivity contribution in [1.29, 1.82) is 0 Å². The summed E-state index contributed by atoms with van der Waals surface area (Å²) in [6.45, 7) is 0. The van der Waals surface area contributed by atoms with Gasteiger partial charge in [0.2, 0.25) is 0 Å². The molecule has 0 unspecified atom stereocenters. The van der Waals surface area contributed by atoms with Crippen LogP contribution < -0.4 is 10.1 Å². The van der Waals surface area contributed by atoms with Crippen LogP contribution in [0.15, 0.2) is 24.3 Å². The number of para-hydroxylation sites is 2. The van der Waals surface area contributed by atoms with Gasteiger partial charge < -0.3 is 20.1 Å². The van der Waals surface area contributed by atoms with Gasteiger partial charge in [-0.1, -0.05) is 12.1 Å². The number of carbonyl (C=O) groups excluding carboxylic acids is 1. The van der Waals surface area contributed by atoms with E-state index in [1.54, 1.807) is 24.3 Å². The number of methoxy groups -OCH3 is 1. The van der Waals surface area contributed by atoms with E-state index < -0.39 is 18.0 Å². The molecule has 19 heavy (non-hydrogen) atoms. The van der Waals surface area contributed by atoms with E-state index in [0.29, 0.717) is 23.1 Å². The number of urea groups is 1. The third-order valence-corrected chi connectivity index (χ3v) is 3.79. The maximum Gasteiger partial charge on any atom is 0.327 e. The molecule has 7 heteroatoms. The highest BCUT2D eigenvalue weighted by atomic mass is 32.2. The Bertz CT molecular complexity index is 494. The number of aliphatic carboxylic acids is 1. The van der Waals surface area contributed by atoms with Crippen molar-refractivity contribution in [2.45, 2.75) is 6.04 Å². The van der Waals surface area contributed by atoms with Gasteiger partial charge in [-0.25, -0.2) is 9.59 Å². The molecule has 0 radical (unpaired) electrons. The zero-order valence-corrected chi connectivity index (χ0v) is 11.1.